The van der Waals surface area contributed by atoms with Crippen LogP contribution in [0.2, 0.25) is 0 Å². The molecule has 0 aromatic heterocycles. The predicted octanol–water partition coefficient (Wildman–Crippen LogP) is 3.25. The summed E-state index contributed by atoms with van der Waals surface area (Å²) >= 11 is 0. The van der Waals surface area contributed by atoms with Crippen molar-refractivity contribution in [2.24, 2.45) is 11.8 Å². The highest BCUT2D eigenvalue weighted by Gasteiger charge is 2.32. The number of hydrogen-bond donors (Lipinski definition) is 1. The number of benzene rings is 1. The van der Waals surface area contributed by atoms with Crippen LogP contribution >= 0.6 is 0 Å². The smallest absolute Gasteiger partial charge is 0.322 e. The molecule has 120 valence electrons. The van der Waals surface area contributed by atoms with Gasteiger partial charge in [-0.2, -0.15) is 0 Å². The molecule has 1 N–H and O–H groups in total. The van der Waals surface area contributed by atoms with Gasteiger partial charge in [0.1, 0.15) is 0 Å². The summed E-state index contributed by atoms with van der Waals surface area (Å²) in [7, 11) is 0. The van der Waals surface area contributed by atoms with Gasteiger partial charge in [-0.25, -0.2) is 13.6 Å². The van der Waals surface area contributed by atoms with Crippen LogP contribution in [-0.2, 0) is 4.74 Å². The van der Waals surface area contributed by atoms with Gasteiger partial charge in [0.25, 0.3) is 0 Å². The van der Waals surface area contributed by atoms with Crippen LogP contribution in [0.3, 0.4) is 0 Å². The van der Waals surface area contributed by atoms with Gasteiger partial charge in [-0.1, -0.05) is 25.3 Å². The maximum absolute atomic E-state index is 13.6. The number of ether oxygens (including phenoxy) is 1. The number of rotatable bonds is 2. The van der Waals surface area contributed by atoms with Crippen LogP contribution in [0.1, 0.15) is 19.3 Å². The van der Waals surface area contributed by atoms with E-state index in [9.17, 15) is 13.6 Å². The average Bonchev–Trinajstić information content (AvgIpc) is 2.68. The number of hydrogen-bond acceptors (Lipinski definition) is 2. The number of amides is 2. The molecule has 3 rings (SSSR count). The molecule has 2 fully saturated rings. The molecule has 4 nitrogen and oxygen atoms in total. The lowest BCUT2D eigenvalue weighted by Crippen LogP contribution is -2.41. The SMILES string of the molecule is O=C(Nc1cccc(F)c1F)N1CCOCC(C2CCC2)C1. The number of nitrogens with zero attached hydrogens (tertiary/aromatic N) is 1. The largest absolute Gasteiger partial charge is 0.379 e. The summed E-state index contributed by atoms with van der Waals surface area (Å²) < 4.78 is 32.4. The zero-order valence-electron chi connectivity index (χ0n) is 12.4. The summed E-state index contributed by atoms with van der Waals surface area (Å²) in [4.78, 5) is 14.0. The molecule has 1 aromatic rings. The van der Waals surface area contributed by atoms with E-state index in [0.29, 0.717) is 38.1 Å². The zero-order valence-corrected chi connectivity index (χ0v) is 12.4. The summed E-state index contributed by atoms with van der Waals surface area (Å²) in [5, 5.41) is 2.46. The molecule has 0 bridgehead atoms. The molecule has 22 heavy (non-hydrogen) atoms. The van der Waals surface area contributed by atoms with E-state index >= 15 is 0 Å². The number of carbonyl (C=O) groups excluding carboxylic acids is 1. The Bertz CT molecular complexity index is 549. The van der Waals surface area contributed by atoms with Gasteiger partial charge < -0.3 is 15.0 Å². The molecular weight excluding hydrogens is 290 g/mol. The van der Waals surface area contributed by atoms with Crippen LogP contribution in [0.15, 0.2) is 18.2 Å². The number of urea groups is 1. The Morgan fingerprint density at radius 2 is 2.09 bits per heavy atom. The first-order valence-corrected chi connectivity index (χ1v) is 7.73. The van der Waals surface area contributed by atoms with Crippen LogP contribution in [0.4, 0.5) is 19.3 Å². The van der Waals surface area contributed by atoms with Crippen molar-refractivity contribution >= 4 is 11.7 Å². The summed E-state index contributed by atoms with van der Waals surface area (Å²) in [5.41, 5.74) is -0.129. The molecule has 6 heteroatoms. The molecule has 1 aliphatic heterocycles. The van der Waals surface area contributed by atoms with E-state index in [1.165, 1.54) is 31.4 Å². The van der Waals surface area contributed by atoms with Crippen molar-refractivity contribution in [3.05, 3.63) is 29.8 Å². The summed E-state index contributed by atoms with van der Waals surface area (Å²) in [6.45, 7) is 2.21. The molecule has 1 aromatic carbocycles. The van der Waals surface area contributed by atoms with Gasteiger partial charge in [0, 0.05) is 19.0 Å². The highest BCUT2D eigenvalue weighted by Crippen LogP contribution is 2.34. The van der Waals surface area contributed by atoms with Crippen molar-refractivity contribution in [2.75, 3.05) is 31.6 Å². The van der Waals surface area contributed by atoms with Crippen LogP contribution < -0.4 is 5.32 Å². The van der Waals surface area contributed by atoms with E-state index in [1.807, 2.05) is 0 Å². The van der Waals surface area contributed by atoms with Crippen molar-refractivity contribution < 1.29 is 18.3 Å². The standard InChI is InChI=1S/C16H20F2N2O2/c17-13-5-2-6-14(15(13)18)19-16(21)20-7-8-22-10-12(9-20)11-3-1-4-11/h2,5-6,11-12H,1,3-4,7-10H2,(H,19,21). The van der Waals surface area contributed by atoms with Crippen molar-refractivity contribution in [1.82, 2.24) is 4.90 Å². The average molecular weight is 310 g/mol. The first-order chi connectivity index (χ1) is 10.6. The van der Waals surface area contributed by atoms with E-state index in [1.54, 1.807) is 4.90 Å². The Morgan fingerprint density at radius 3 is 2.82 bits per heavy atom. The fraction of sp³-hybridized carbons (Fsp3) is 0.562. The lowest BCUT2D eigenvalue weighted by molar-refractivity contribution is 0.0776. The van der Waals surface area contributed by atoms with E-state index < -0.39 is 17.7 Å². The second kappa shape index (κ2) is 6.60. The number of nitrogens with one attached hydrogen (secondary N) is 1. The Balaban J connectivity index is 1.66. The first kappa shape index (κ1) is 15.2. The second-order valence-electron chi connectivity index (χ2n) is 6.00. The molecule has 1 saturated heterocycles. The lowest BCUT2D eigenvalue weighted by atomic mass is 9.76. The maximum atomic E-state index is 13.6. The molecule has 2 amide bonds. The van der Waals surface area contributed by atoms with Gasteiger partial charge in [0.05, 0.1) is 18.9 Å². The van der Waals surface area contributed by atoms with Crippen LogP contribution in [0, 0.1) is 23.5 Å². The van der Waals surface area contributed by atoms with Gasteiger partial charge in [0.15, 0.2) is 11.6 Å². The van der Waals surface area contributed by atoms with Gasteiger partial charge in [-0.3, -0.25) is 0 Å². The zero-order chi connectivity index (χ0) is 15.5. The van der Waals surface area contributed by atoms with Crippen molar-refractivity contribution in [3.8, 4) is 0 Å². The Labute approximate surface area is 128 Å². The van der Waals surface area contributed by atoms with E-state index in [-0.39, 0.29) is 5.69 Å². The quantitative estimate of drug-likeness (QED) is 0.911. The Hall–Kier alpha value is -1.69. The minimum absolute atomic E-state index is 0.129. The maximum Gasteiger partial charge on any atom is 0.322 e. The number of carbonyl (C=O) groups is 1. The molecule has 1 heterocycles. The van der Waals surface area contributed by atoms with E-state index in [4.69, 9.17) is 4.74 Å². The minimum atomic E-state index is -1.03. The molecule has 2 aliphatic rings. The highest BCUT2D eigenvalue weighted by molar-refractivity contribution is 5.89. The fourth-order valence-electron chi connectivity index (χ4n) is 3.01. The van der Waals surface area contributed by atoms with E-state index in [2.05, 4.69) is 5.32 Å². The number of halogens is 2. The second-order valence-corrected chi connectivity index (χ2v) is 6.00. The van der Waals surface area contributed by atoms with Gasteiger partial charge >= 0.3 is 6.03 Å². The Kier molecular flexibility index (Phi) is 4.57. The summed E-state index contributed by atoms with van der Waals surface area (Å²) in [6, 6.07) is 3.35. The van der Waals surface area contributed by atoms with Gasteiger partial charge in [0.2, 0.25) is 0 Å². The van der Waals surface area contributed by atoms with Crippen LogP contribution in [0.5, 0.6) is 0 Å². The molecule has 1 unspecified atom stereocenters. The molecule has 1 saturated carbocycles. The van der Waals surface area contributed by atoms with Crippen molar-refractivity contribution in [1.29, 1.82) is 0 Å². The monoisotopic (exact) mass is 310 g/mol. The molecule has 0 radical (unpaired) electrons. The Morgan fingerprint density at radius 1 is 1.27 bits per heavy atom. The first-order valence-electron chi connectivity index (χ1n) is 7.73. The molecular formula is C16H20F2N2O2. The van der Waals surface area contributed by atoms with Crippen LogP contribution in [0.25, 0.3) is 0 Å². The highest BCUT2D eigenvalue weighted by atomic mass is 19.2. The molecule has 1 atom stereocenters. The molecule has 1 aliphatic carbocycles. The van der Waals surface area contributed by atoms with Crippen LogP contribution in [-0.4, -0.2) is 37.2 Å². The normalized spacial score (nSPS) is 22.8. The number of anilines is 1. The topological polar surface area (TPSA) is 41.6 Å². The van der Waals surface area contributed by atoms with Crippen molar-refractivity contribution in [3.63, 3.8) is 0 Å². The third-order valence-corrected chi connectivity index (χ3v) is 4.59. The third kappa shape index (κ3) is 3.21. The van der Waals surface area contributed by atoms with Crippen molar-refractivity contribution in [2.45, 2.75) is 19.3 Å². The lowest BCUT2D eigenvalue weighted by Gasteiger charge is -2.34. The third-order valence-electron chi connectivity index (χ3n) is 4.59. The fourth-order valence-corrected chi connectivity index (χ4v) is 3.01. The van der Waals surface area contributed by atoms with Gasteiger partial charge in [-0.05, 0) is 18.1 Å². The minimum Gasteiger partial charge on any atom is -0.379 e. The predicted molar refractivity (Wildman–Crippen MR) is 78.6 cm³/mol. The van der Waals surface area contributed by atoms with E-state index in [0.717, 1.165) is 6.07 Å². The summed E-state index contributed by atoms with van der Waals surface area (Å²) in [5.74, 6) is -1.06. The summed E-state index contributed by atoms with van der Waals surface area (Å²) in [6.07, 6.45) is 3.60. The van der Waals surface area contributed by atoms with Gasteiger partial charge in [-0.15, -0.1) is 0 Å². The molecule has 0 spiro atoms.